The minimum atomic E-state index is -0.887. The van der Waals surface area contributed by atoms with Gasteiger partial charge in [-0.3, -0.25) is 4.98 Å². The smallest absolute Gasteiger partial charge is 0.191 e. The third kappa shape index (κ3) is 11.9. The number of benzene rings is 1. The van der Waals surface area contributed by atoms with E-state index in [0.717, 1.165) is 23.7 Å². The number of fused-ring (bicyclic) bond motifs is 1. The zero-order chi connectivity index (χ0) is 26.6. The Bertz CT molecular complexity index is 847. The summed E-state index contributed by atoms with van der Waals surface area (Å²) in [7, 11) is 0. The van der Waals surface area contributed by atoms with Crippen molar-refractivity contribution in [1.29, 1.82) is 0 Å². The molecule has 2 heterocycles. The van der Waals surface area contributed by atoms with E-state index in [2.05, 4.69) is 11.9 Å². The van der Waals surface area contributed by atoms with Crippen molar-refractivity contribution in [2.24, 2.45) is 0 Å². The van der Waals surface area contributed by atoms with Gasteiger partial charge in [0.25, 0.3) is 0 Å². The maximum absolute atomic E-state index is 6.18. The molecule has 1 atom stereocenters. The highest BCUT2D eigenvalue weighted by Crippen LogP contribution is 2.23. The number of pyridine rings is 1. The molecule has 1 unspecified atom stereocenters. The average Bonchev–Trinajstić information content (AvgIpc) is 2.95. The van der Waals surface area contributed by atoms with Gasteiger partial charge >= 0.3 is 0 Å². The first-order chi connectivity index (χ1) is 18.8. The minimum Gasteiger partial charge on any atom is -0.465 e. The standard InChI is InChI=1S/C27H41NO10/c1-2-3-10-30-17-27(18-31-13-11-29-12-15-33-20-35-21-34-16-14-32-19-27)38-23-36-22-37-25-8-4-6-24-7-5-9-28-26(24)25/h4-9H,2-3,10-23H2,1H3. The van der Waals surface area contributed by atoms with E-state index in [1.54, 1.807) is 6.20 Å². The van der Waals surface area contributed by atoms with Gasteiger partial charge in [0.15, 0.2) is 13.6 Å². The van der Waals surface area contributed by atoms with Crippen LogP contribution >= 0.6 is 0 Å². The number of nitrogens with zero attached hydrogens (tertiary/aromatic N) is 1. The summed E-state index contributed by atoms with van der Waals surface area (Å²) in [4.78, 5) is 4.40. The summed E-state index contributed by atoms with van der Waals surface area (Å²) in [6.07, 6.45) is 3.71. The predicted molar refractivity (Wildman–Crippen MR) is 138 cm³/mol. The molecule has 1 aliphatic rings. The summed E-state index contributed by atoms with van der Waals surface area (Å²) in [6, 6.07) is 9.63. The van der Waals surface area contributed by atoms with Gasteiger partial charge in [-0.15, -0.1) is 0 Å². The molecule has 0 spiro atoms. The first-order valence-electron chi connectivity index (χ1n) is 13.1. The molecule has 11 heteroatoms. The number of rotatable bonds is 11. The van der Waals surface area contributed by atoms with Crippen LogP contribution in [-0.4, -0.2) is 104 Å². The van der Waals surface area contributed by atoms with Crippen LogP contribution in [0.2, 0.25) is 0 Å². The van der Waals surface area contributed by atoms with E-state index >= 15 is 0 Å². The monoisotopic (exact) mass is 539 g/mol. The normalized spacial score (nSPS) is 21.2. The van der Waals surface area contributed by atoms with Crippen LogP contribution < -0.4 is 4.74 Å². The van der Waals surface area contributed by atoms with Gasteiger partial charge < -0.3 is 47.4 Å². The molecular weight excluding hydrogens is 498 g/mol. The molecule has 0 saturated carbocycles. The maximum atomic E-state index is 6.18. The van der Waals surface area contributed by atoms with Gasteiger partial charge in [0.1, 0.15) is 30.5 Å². The van der Waals surface area contributed by atoms with E-state index in [4.69, 9.17) is 47.4 Å². The van der Waals surface area contributed by atoms with E-state index in [9.17, 15) is 0 Å². The van der Waals surface area contributed by atoms with Gasteiger partial charge in [-0.25, -0.2) is 0 Å². The van der Waals surface area contributed by atoms with Crippen molar-refractivity contribution < 1.29 is 47.4 Å². The van der Waals surface area contributed by atoms with E-state index in [1.807, 2.05) is 30.3 Å². The number of hydrogen-bond donors (Lipinski definition) is 0. The molecule has 38 heavy (non-hydrogen) atoms. The van der Waals surface area contributed by atoms with Crippen LogP contribution in [0.5, 0.6) is 5.75 Å². The van der Waals surface area contributed by atoms with Gasteiger partial charge in [-0.2, -0.15) is 0 Å². The third-order valence-corrected chi connectivity index (χ3v) is 5.53. The molecule has 1 saturated heterocycles. The van der Waals surface area contributed by atoms with Crippen molar-refractivity contribution in [3.05, 3.63) is 36.5 Å². The summed E-state index contributed by atoms with van der Waals surface area (Å²) < 4.78 is 56.9. The molecule has 214 valence electrons. The molecule has 11 nitrogen and oxygen atoms in total. The Hall–Kier alpha value is -1.93. The molecule has 2 aromatic rings. The van der Waals surface area contributed by atoms with Crippen molar-refractivity contribution in [2.45, 2.75) is 25.4 Å². The Labute approximate surface area is 224 Å². The summed E-state index contributed by atoms with van der Waals surface area (Å²) in [5.74, 6) is 0.641. The Balaban J connectivity index is 1.54. The van der Waals surface area contributed by atoms with Crippen LogP contribution in [0, 0.1) is 0 Å². The fraction of sp³-hybridized carbons (Fsp3) is 0.667. The second-order valence-corrected chi connectivity index (χ2v) is 8.62. The van der Waals surface area contributed by atoms with Gasteiger partial charge in [0, 0.05) is 18.2 Å². The van der Waals surface area contributed by atoms with E-state index in [-0.39, 0.29) is 47.0 Å². The lowest BCUT2D eigenvalue weighted by Gasteiger charge is -2.33. The molecule has 0 aliphatic carbocycles. The van der Waals surface area contributed by atoms with Gasteiger partial charge in [-0.1, -0.05) is 31.5 Å². The Kier molecular flexibility index (Phi) is 15.4. The number of para-hydroxylation sites is 1. The molecule has 1 aromatic carbocycles. The SMILES string of the molecule is CCCCOCC1(OCOCOc2cccc3cccnc23)COCCOCCOCOCOCCOC1. The third-order valence-electron chi connectivity index (χ3n) is 5.53. The van der Waals surface area contributed by atoms with Gasteiger partial charge in [0.2, 0.25) is 0 Å². The summed E-state index contributed by atoms with van der Waals surface area (Å²) in [5, 5.41) is 0.993. The van der Waals surface area contributed by atoms with Gasteiger partial charge in [-0.05, 0) is 18.6 Å². The summed E-state index contributed by atoms with van der Waals surface area (Å²) in [6.45, 7) is 6.08. The van der Waals surface area contributed by atoms with Crippen molar-refractivity contribution in [1.82, 2.24) is 4.98 Å². The Morgan fingerprint density at radius 1 is 0.789 bits per heavy atom. The highest BCUT2D eigenvalue weighted by molar-refractivity contribution is 5.84. The van der Waals surface area contributed by atoms with Crippen LogP contribution in [0.1, 0.15) is 19.8 Å². The lowest BCUT2D eigenvalue weighted by Crippen LogP contribution is -2.48. The lowest BCUT2D eigenvalue weighted by atomic mass is 10.1. The van der Waals surface area contributed by atoms with E-state index in [1.165, 1.54) is 0 Å². The van der Waals surface area contributed by atoms with Crippen LogP contribution in [-0.2, 0) is 42.6 Å². The Morgan fingerprint density at radius 3 is 2.26 bits per heavy atom. The van der Waals surface area contributed by atoms with E-state index in [0.29, 0.717) is 52.0 Å². The maximum Gasteiger partial charge on any atom is 0.191 e. The quantitative estimate of drug-likeness (QED) is 0.311. The van der Waals surface area contributed by atoms with E-state index < -0.39 is 5.60 Å². The zero-order valence-electron chi connectivity index (χ0n) is 22.3. The fourth-order valence-electron chi connectivity index (χ4n) is 3.49. The number of ether oxygens (including phenoxy) is 10. The number of hydrogen-bond acceptors (Lipinski definition) is 11. The second kappa shape index (κ2) is 19.2. The highest BCUT2D eigenvalue weighted by atomic mass is 16.8. The van der Waals surface area contributed by atoms with Crippen LogP contribution in [0.3, 0.4) is 0 Å². The van der Waals surface area contributed by atoms with Crippen molar-refractivity contribution in [3.8, 4) is 5.75 Å². The second-order valence-electron chi connectivity index (χ2n) is 8.62. The molecule has 3 rings (SSSR count). The van der Waals surface area contributed by atoms with Crippen molar-refractivity contribution in [2.75, 3.05) is 93.2 Å². The topological polar surface area (TPSA) is 105 Å². The fourth-order valence-corrected chi connectivity index (χ4v) is 3.49. The molecule has 0 bridgehead atoms. The molecule has 0 radical (unpaired) electrons. The predicted octanol–water partition coefficient (Wildman–Crippen LogP) is 3.15. The van der Waals surface area contributed by atoms with Crippen LogP contribution in [0.4, 0.5) is 0 Å². The van der Waals surface area contributed by atoms with Gasteiger partial charge in [0.05, 0.1) is 59.5 Å². The molecule has 1 aromatic heterocycles. The first-order valence-corrected chi connectivity index (χ1v) is 13.1. The molecule has 0 N–H and O–H groups in total. The minimum absolute atomic E-state index is 0.00603. The zero-order valence-corrected chi connectivity index (χ0v) is 22.3. The highest BCUT2D eigenvalue weighted by Gasteiger charge is 2.33. The lowest BCUT2D eigenvalue weighted by molar-refractivity contribution is -0.222. The van der Waals surface area contributed by atoms with Crippen molar-refractivity contribution in [3.63, 3.8) is 0 Å². The van der Waals surface area contributed by atoms with Crippen LogP contribution in [0.25, 0.3) is 10.9 Å². The molecule has 0 amide bonds. The van der Waals surface area contributed by atoms with Crippen LogP contribution in [0.15, 0.2) is 36.5 Å². The molecular formula is C27H41NO10. The van der Waals surface area contributed by atoms with Crippen molar-refractivity contribution >= 4 is 10.9 Å². The summed E-state index contributed by atoms with van der Waals surface area (Å²) >= 11 is 0. The first kappa shape index (κ1) is 30.6. The average molecular weight is 540 g/mol. The summed E-state index contributed by atoms with van der Waals surface area (Å²) in [5.41, 5.74) is -0.112. The molecule has 1 aliphatic heterocycles. The number of unbranched alkanes of at least 4 members (excludes halogenated alkanes) is 1. The molecule has 1 fully saturated rings. The largest absolute Gasteiger partial charge is 0.465 e. The Morgan fingerprint density at radius 2 is 1.50 bits per heavy atom. The number of aromatic nitrogens is 1.